The van der Waals surface area contributed by atoms with Gasteiger partial charge in [-0.15, -0.1) is 0 Å². The Hall–Kier alpha value is 0.144. The predicted molar refractivity (Wildman–Crippen MR) is 191 cm³/mol. The average Bonchev–Trinajstić information content (AvgIpc) is 3.19. The first kappa shape index (κ1) is 43.2. The van der Waals surface area contributed by atoms with E-state index in [1.807, 2.05) is 13.8 Å². The van der Waals surface area contributed by atoms with Crippen molar-refractivity contribution in [2.45, 2.75) is 206 Å². The number of rotatable bonds is 21. The Bertz CT molecular complexity index is 956. The lowest BCUT2D eigenvalue weighted by atomic mass is 9.96. The molecule has 1 N–H and O–H groups in total. The average molecular weight is 697 g/mol. The van der Waals surface area contributed by atoms with Crippen molar-refractivity contribution in [2.75, 3.05) is 12.9 Å². The molecule has 0 aromatic carbocycles. The van der Waals surface area contributed by atoms with Crippen molar-refractivity contribution < 1.29 is 36.0 Å². The van der Waals surface area contributed by atoms with E-state index in [1.165, 1.54) is 51.4 Å². The highest BCUT2D eigenvalue weighted by atomic mass is 32.2. The number of aliphatic hydroxyl groups excluding tert-OH is 1. The summed E-state index contributed by atoms with van der Waals surface area (Å²) in [4.78, 5) is 0. The Balaban J connectivity index is 3.45. The van der Waals surface area contributed by atoms with Gasteiger partial charge in [-0.25, -0.2) is 0 Å². The summed E-state index contributed by atoms with van der Waals surface area (Å²) in [6, 6.07) is 0. The molecule has 0 saturated carbocycles. The number of ether oxygens (including phenoxy) is 2. The second-order valence-corrected chi connectivity index (χ2v) is 27.9. The van der Waals surface area contributed by atoms with E-state index >= 15 is 0 Å². The van der Waals surface area contributed by atoms with Crippen LogP contribution in [0.25, 0.3) is 0 Å². The molecule has 0 aromatic heterocycles. The Morgan fingerprint density at radius 2 is 1.18 bits per heavy atom. The van der Waals surface area contributed by atoms with Crippen molar-refractivity contribution in [3.05, 3.63) is 0 Å². The third kappa shape index (κ3) is 14.7. The zero-order valence-electron chi connectivity index (χ0n) is 31.6. The molecule has 1 heterocycles. The minimum absolute atomic E-state index is 0.0245. The van der Waals surface area contributed by atoms with Crippen LogP contribution in [-0.2, 0) is 32.6 Å². The van der Waals surface area contributed by atoms with Crippen LogP contribution in [0, 0.1) is 0 Å². The largest absolute Gasteiger partial charge is 0.411 e. The van der Waals surface area contributed by atoms with Gasteiger partial charge >= 0.3 is 0 Å². The Morgan fingerprint density at radius 3 is 1.60 bits per heavy atom. The van der Waals surface area contributed by atoms with E-state index in [0.717, 1.165) is 25.5 Å². The van der Waals surface area contributed by atoms with Gasteiger partial charge in [0.1, 0.15) is 18.3 Å². The summed E-state index contributed by atoms with van der Waals surface area (Å²) in [5, 5.41) is 10.2. The van der Waals surface area contributed by atoms with E-state index in [-0.39, 0.29) is 16.2 Å². The van der Waals surface area contributed by atoms with Gasteiger partial charge in [0.05, 0.1) is 25.1 Å². The molecule has 1 saturated heterocycles. The van der Waals surface area contributed by atoms with Crippen LogP contribution in [0.3, 0.4) is 0 Å². The Morgan fingerprint density at radius 1 is 0.756 bits per heavy atom. The molecule has 0 spiro atoms. The van der Waals surface area contributed by atoms with Crippen molar-refractivity contribution in [3.8, 4) is 0 Å². The minimum Gasteiger partial charge on any atom is -0.411 e. The zero-order chi connectivity index (χ0) is 34.9. The lowest BCUT2D eigenvalue weighted by Gasteiger charge is -2.47. The molecule has 1 aliphatic rings. The van der Waals surface area contributed by atoms with Gasteiger partial charge in [-0.05, 0) is 56.5 Å². The highest BCUT2D eigenvalue weighted by molar-refractivity contribution is 7.86. The fourth-order valence-electron chi connectivity index (χ4n) is 5.32. The van der Waals surface area contributed by atoms with E-state index in [9.17, 15) is 13.5 Å². The highest BCUT2D eigenvalue weighted by Gasteiger charge is 2.55. The van der Waals surface area contributed by atoms with Crippen LogP contribution >= 0.6 is 0 Å². The molecule has 8 nitrogen and oxygen atoms in total. The van der Waals surface area contributed by atoms with Crippen LogP contribution in [0.4, 0.5) is 0 Å². The number of unbranched alkanes of at least 4 members (excludes halogenated alkanes) is 9. The summed E-state index contributed by atoms with van der Waals surface area (Å²) in [7, 11) is -8.53. The first-order chi connectivity index (χ1) is 20.4. The van der Waals surface area contributed by atoms with E-state index < -0.39 is 63.6 Å². The zero-order valence-corrected chi connectivity index (χ0v) is 34.4. The molecule has 0 bridgehead atoms. The summed E-state index contributed by atoms with van der Waals surface area (Å²) < 4.78 is 57.2. The van der Waals surface area contributed by atoms with Gasteiger partial charge in [-0.2, -0.15) is 8.42 Å². The van der Waals surface area contributed by atoms with Crippen LogP contribution in [-0.4, -0.2) is 79.3 Å². The van der Waals surface area contributed by atoms with Crippen molar-refractivity contribution in [2.24, 2.45) is 0 Å². The molecule has 1 fully saturated rings. The maximum atomic E-state index is 12.2. The fourth-order valence-corrected chi connectivity index (χ4v) is 8.62. The van der Waals surface area contributed by atoms with E-state index in [4.69, 9.17) is 22.5 Å². The van der Waals surface area contributed by atoms with Gasteiger partial charge in [-0.1, -0.05) is 113 Å². The van der Waals surface area contributed by atoms with Crippen LogP contribution in [0.5, 0.6) is 0 Å². The summed E-state index contributed by atoms with van der Waals surface area (Å²) >= 11 is 0. The summed E-state index contributed by atoms with van der Waals surface area (Å²) in [5.41, 5.74) is 0. The van der Waals surface area contributed by atoms with Crippen LogP contribution in [0.15, 0.2) is 0 Å². The second kappa shape index (κ2) is 17.7. The molecule has 0 radical (unpaired) electrons. The molecule has 0 amide bonds. The molecule has 45 heavy (non-hydrogen) atoms. The van der Waals surface area contributed by atoms with Gasteiger partial charge in [0.15, 0.2) is 22.4 Å². The van der Waals surface area contributed by atoms with Crippen molar-refractivity contribution >= 4 is 26.8 Å². The summed E-state index contributed by atoms with van der Waals surface area (Å²) in [6.07, 6.45) is 10.7. The molecule has 0 aliphatic carbocycles. The Labute approximate surface area is 280 Å². The highest BCUT2D eigenvalue weighted by Crippen LogP contribution is 2.44. The first-order valence-electron chi connectivity index (χ1n) is 17.6. The molecule has 270 valence electrons. The third-order valence-corrected chi connectivity index (χ3v) is 19.6. The number of hydrogen-bond donors (Lipinski definition) is 1. The standard InChI is InChI=1S/C34H72O8SSi2/c1-15-16-17-18-19-20-21-22-23-24-25-27(41-44(11,12)32(2,3)4)30(42-45(13,14)33(5,6)7)31-29(38-34(8,9)39-31)28(26-35)40-43(10,36)37/h27-31,35H,15-26H2,1-14H3/t27-,28+,29-,30-,31-/m0/s1. The number of hydrogen-bond acceptors (Lipinski definition) is 8. The molecular formula is C34H72O8SSi2. The quantitative estimate of drug-likeness (QED) is 0.0722. The fraction of sp³-hybridized carbons (Fsp3) is 1.00. The second-order valence-electron chi connectivity index (χ2n) is 16.8. The van der Waals surface area contributed by atoms with Crippen LogP contribution in [0.2, 0.25) is 36.3 Å². The van der Waals surface area contributed by atoms with E-state index in [0.29, 0.717) is 0 Å². The third-order valence-electron chi connectivity index (χ3n) is 10.0. The molecule has 1 rings (SSSR count). The van der Waals surface area contributed by atoms with Crippen molar-refractivity contribution in [1.82, 2.24) is 0 Å². The predicted octanol–water partition coefficient (Wildman–Crippen LogP) is 8.94. The van der Waals surface area contributed by atoms with Gasteiger partial charge in [-0.3, -0.25) is 4.18 Å². The van der Waals surface area contributed by atoms with Crippen molar-refractivity contribution in [3.63, 3.8) is 0 Å². The monoisotopic (exact) mass is 696 g/mol. The van der Waals surface area contributed by atoms with Crippen molar-refractivity contribution in [1.29, 1.82) is 0 Å². The molecule has 11 heteroatoms. The van der Waals surface area contributed by atoms with E-state index in [2.05, 4.69) is 74.7 Å². The summed E-state index contributed by atoms with van der Waals surface area (Å²) in [6.45, 7) is 27.6. The maximum absolute atomic E-state index is 12.2. The molecule has 1 aliphatic heterocycles. The first-order valence-corrected chi connectivity index (χ1v) is 25.2. The van der Waals surface area contributed by atoms with Gasteiger partial charge in [0, 0.05) is 0 Å². The smallest absolute Gasteiger partial charge is 0.264 e. The topological polar surface area (TPSA) is 101 Å². The Kier molecular flexibility index (Phi) is 17.0. The molecule has 0 unspecified atom stereocenters. The lowest BCUT2D eigenvalue weighted by Crippen LogP contribution is -2.58. The van der Waals surface area contributed by atoms with E-state index in [1.54, 1.807) is 0 Å². The molecule has 5 atom stereocenters. The number of aliphatic hydroxyl groups is 1. The molecule has 0 aromatic rings. The minimum atomic E-state index is -3.87. The summed E-state index contributed by atoms with van der Waals surface area (Å²) in [5.74, 6) is -1.03. The lowest BCUT2D eigenvalue weighted by molar-refractivity contribution is -0.164. The van der Waals surface area contributed by atoms with Crippen LogP contribution in [0.1, 0.15) is 133 Å². The SMILES string of the molecule is CCCCCCCCCCCC[C@H](O[Si](C)(C)C(C)(C)C)[C@H](O[Si](C)(C)C(C)(C)C)[C@H]1OC(C)(C)O[C@H]1[C@@H](CO)OS(C)(=O)=O. The maximum Gasteiger partial charge on any atom is 0.264 e. The van der Waals surface area contributed by atoms with Gasteiger partial charge in [0.2, 0.25) is 0 Å². The van der Waals surface area contributed by atoms with Crippen LogP contribution < -0.4 is 0 Å². The normalized spacial score (nSPS) is 22.0. The van der Waals surface area contributed by atoms with Gasteiger partial charge < -0.3 is 23.4 Å². The van der Waals surface area contributed by atoms with Gasteiger partial charge in [0.25, 0.3) is 10.1 Å². The molecular weight excluding hydrogens is 625 g/mol.